The third kappa shape index (κ3) is 8.74. The average molecular weight is 719 g/mol. The number of benzene rings is 3. The van der Waals surface area contributed by atoms with Gasteiger partial charge in [0.25, 0.3) is 0 Å². The second kappa shape index (κ2) is 15.9. The molecule has 12 heteroatoms. The highest BCUT2D eigenvalue weighted by molar-refractivity contribution is 7.89. The highest BCUT2D eigenvalue weighted by Crippen LogP contribution is 2.51. The highest BCUT2D eigenvalue weighted by Gasteiger charge is 2.48. The van der Waals surface area contributed by atoms with Gasteiger partial charge in [-0.15, -0.1) is 0 Å². The molecule has 51 heavy (non-hydrogen) atoms. The summed E-state index contributed by atoms with van der Waals surface area (Å²) in [7, 11) is -3.64. The van der Waals surface area contributed by atoms with Crippen LogP contribution in [0.2, 0.25) is 0 Å². The maximum absolute atomic E-state index is 14.1. The zero-order valence-electron chi connectivity index (χ0n) is 28.9. The van der Waals surface area contributed by atoms with E-state index >= 15 is 0 Å². The Bertz CT molecular complexity index is 1800. The molecule has 0 bridgehead atoms. The highest BCUT2D eigenvalue weighted by atomic mass is 32.2. The molecule has 0 unspecified atom stereocenters. The standard InChI is InChI=1S/C39H46N2O9S/c1-28(2)34-23-39(27-49-37(34)33-22-31(50-30-12-7-4-8-13-30)14-15-35(33)47-25-36(42)43)18-9-19-41(26-39)51(45,46)32-16-20-40(21-17-32)38(44)48-24-29-10-5-3-6-11-29/h3-8,10-15,22,32,34,37H,1,9,16-21,23-27H2,2H3,(H,42,43)/t34-,37-,39+/m1/s1. The van der Waals surface area contributed by atoms with Crippen molar-refractivity contribution in [1.82, 2.24) is 9.21 Å². The Hall–Kier alpha value is -4.39. The third-order valence-corrected chi connectivity index (χ3v) is 12.5. The first kappa shape index (κ1) is 36.4. The van der Waals surface area contributed by atoms with Gasteiger partial charge >= 0.3 is 12.1 Å². The Labute approximate surface area is 299 Å². The van der Waals surface area contributed by atoms with E-state index in [1.54, 1.807) is 21.3 Å². The molecule has 3 aromatic rings. The number of para-hydroxylation sites is 1. The number of rotatable bonds is 11. The summed E-state index contributed by atoms with van der Waals surface area (Å²) in [5.41, 5.74) is 2.01. The van der Waals surface area contributed by atoms with Gasteiger partial charge in [0, 0.05) is 43.1 Å². The van der Waals surface area contributed by atoms with Crippen LogP contribution in [0.1, 0.15) is 56.3 Å². The van der Waals surface area contributed by atoms with Crippen molar-refractivity contribution < 1.29 is 42.1 Å². The Morgan fingerprint density at radius 2 is 1.69 bits per heavy atom. The number of likely N-dealkylation sites (tertiary alicyclic amines) is 1. The molecule has 1 spiro atoms. The van der Waals surface area contributed by atoms with E-state index in [0.29, 0.717) is 81.3 Å². The number of sulfonamides is 1. The van der Waals surface area contributed by atoms with Crippen molar-refractivity contribution in [2.24, 2.45) is 11.3 Å². The van der Waals surface area contributed by atoms with Gasteiger partial charge in [-0.2, -0.15) is 0 Å². The normalized spacial score (nSPS) is 23.0. The van der Waals surface area contributed by atoms with Crippen LogP contribution >= 0.6 is 0 Å². The number of hydrogen-bond acceptors (Lipinski definition) is 8. The van der Waals surface area contributed by atoms with E-state index in [1.807, 2.05) is 73.7 Å². The van der Waals surface area contributed by atoms with Gasteiger partial charge in [0.2, 0.25) is 10.0 Å². The second-order valence-corrected chi connectivity index (χ2v) is 16.1. The van der Waals surface area contributed by atoms with Crippen molar-refractivity contribution in [1.29, 1.82) is 0 Å². The fourth-order valence-electron chi connectivity index (χ4n) is 7.48. The molecule has 3 aliphatic heterocycles. The Morgan fingerprint density at radius 1 is 0.980 bits per heavy atom. The fraction of sp³-hybridized carbons (Fsp3) is 0.436. The summed E-state index contributed by atoms with van der Waals surface area (Å²) in [5.74, 6) is 0.301. The number of carboxylic acids is 1. The minimum absolute atomic E-state index is 0.172. The molecule has 3 aromatic carbocycles. The lowest BCUT2D eigenvalue weighted by Gasteiger charge is -2.50. The zero-order chi connectivity index (χ0) is 36.0. The molecule has 3 atom stereocenters. The van der Waals surface area contributed by atoms with Crippen LogP contribution < -0.4 is 9.47 Å². The number of ether oxygens (including phenoxy) is 4. The quantitative estimate of drug-likeness (QED) is 0.213. The van der Waals surface area contributed by atoms with Crippen molar-refractivity contribution in [2.75, 3.05) is 39.4 Å². The van der Waals surface area contributed by atoms with E-state index in [0.717, 1.165) is 17.6 Å². The number of carbonyl (C=O) groups excluding carboxylic acids is 1. The van der Waals surface area contributed by atoms with E-state index in [4.69, 9.17) is 18.9 Å². The minimum atomic E-state index is -3.64. The van der Waals surface area contributed by atoms with Crippen molar-refractivity contribution in [3.8, 4) is 17.2 Å². The van der Waals surface area contributed by atoms with Gasteiger partial charge in [-0.25, -0.2) is 22.3 Å². The molecule has 6 rings (SSSR count). The van der Waals surface area contributed by atoms with Gasteiger partial charge in [0.05, 0.1) is 18.0 Å². The molecule has 11 nitrogen and oxygen atoms in total. The molecule has 0 aliphatic carbocycles. The SMILES string of the molecule is C=C(C)[C@H]1C[C@]2(CCCN(S(=O)(=O)C3CCN(C(=O)OCc4ccccc4)CC3)C2)CO[C@@H]1c1cc(Oc2ccccc2)ccc1OCC(=O)O. The van der Waals surface area contributed by atoms with Crippen LogP contribution in [-0.2, 0) is 30.9 Å². The average Bonchev–Trinajstić information content (AvgIpc) is 3.14. The van der Waals surface area contributed by atoms with Crippen LogP contribution in [0.4, 0.5) is 4.79 Å². The van der Waals surface area contributed by atoms with E-state index in [-0.39, 0.29) is 12.5 Å². The summed E-state index contributed by atoms with van der Waals surface area (Å²) in [5, 5.41) is 8.76. The lowest BCUT2D eigenvalue weighted by atomic mass is 9.69. The fourth-order valence-corrected chi connectivity index (χ4v) is 9.55. The first-order chi connectivity index (χ1) is 24.5. The van der Waals surface area contributed by atoms with Crippen LogP contribution in [0.5, 0.6) is 17.2 Å². The third-order valence-electron chi connectivity index (χ3n) is 10.2. The van der Waals surface area contributed by atoms with Gasteiger partial charge in [0.1, 0.15) is 23.9 Å². The van der Waals surface area contributed by atoms with Gasteiger partial charge in [-0.1, -0.05) is 60.7 Å². The number of carboxylic acid groups (broad SMARTS) is 1. The number of hydrogen-bond donors (Lipinski definition) is 1. The minimum Gasteiger partial charge on any atom is -0.482 e. The largest absolute Gasteiger partial charge is 0.482 e. The maximum atomic E-state index is 14.1. The van der Waals surface area contributed by atoms with Gasteiger partial charge in [-0.05, 0) is 74.9 Å². The Morgan fingerprint density at radius 3 is 2.37 bits per heavy atom. The number of piperidine rings is 2. The molecule has 3 fully saturated rings. The summed E-state index contributed by atoms with van der Waals surface area (Å²) >= 11 is 0. The second-order valence-electron chi connectivity index (χ2n) is 13.9. The molecule has 0 aromatic heterocycles. The van der Waals surface area contributed by atoms with Crippen LogP contribution in [0.25, 0.3) is 0 Å². The van der Waals surface area contributed by atoms with E-state index in [1.165, 1.54) is 0 Å². The molecule has 3 aliphatic rings. The predicted molar refractivity (Wildman–Crippen MR) is 191 cm³/mol. The van der Waals surface area contributed by atoms with Crippen molar-refractivity contribution in [3.63, 3.8) is 0 Å². The molecular formula is C39H46N2O9S. The maximum Gasteiger partial charge on any atom is 0.410 e. The monoisotopic (exact) mass is 718 g/mol. The lowest BCUT2D eigenvalue weighted by Crippen LogP contribution is -2.54. The lowest BCUT2D eigenvalue weighted by molar-refractivity contribution is -0.139. The topological polar surface area (TPSA) is 132 Å². The van der Waals surface area contributed by atoms with Crippen LogP contribution in [0.3, 0.4) is 0 Å². The summed E-state index contributed by atoms with van der Waals surface area (Å²) in [6.07, 6.45) is 1.91. The Balaban J connectivity index is 1.13. The van der Waals surface area contributed by atoms with Crippen molar-refractivity contribution in [2.45, 2.75) is 57.0 Å². The first-order valence-electron chi connectivity index (χ1n) is 17.5. The molecule has 1 N–H and O–H groups in total. The number of amides is 1. The molecule has 0 radical (unpaired) electrons. The van der Waals surface area contributed by atoms with E-state index in [9.17, 15) is 23.1 Å². The van der Waals surface area contributed by atoms with Gasteiger partial charge in [0.15, 0.2) is 6.61 Å². The van der Waals surface area contributed by atoms with E-state index < -0.39 is 45.5 Å². The van der Waals surface area contributed by atoms with Crippen LogP contribution in [-0.4, -0.2) is 79.4 Å². The summed E-state index contributed by atoms with van der Waals surface area (Å²) in [4.78, 5) is 25.7. The summed E-state index contributed by atoms with van der Waals surface area (Å²) in [6, 6.07) is 24.1. The van der Waals surface area contributed by atoms with Gasteiger partial charge < -0.3 is 29.0 Å². The molecular weight excluding hydrogens is 673 g/mol. The summed E-state index contributed by atoms with van der Waals surface area (Å²) < 4.78 is 53.7. The van der Waals surface area contributed by atoms with E-state index in [2.05, 4.69) is 6.58 Å². The first-order valence-corrected chi connectivity index (χ1v) is 19.0. The summed E-state index contributed by atoms with van der Waals surface area (Å²) in [6.45, 7) is 7.64. The zero-order valence-corrected chi connectivity index (χ0v) is 29.8. The number of nitrogens with zero attached hydrogens (tertiary/aromatic N) is 2. The number of aliphatic carboxylic acids is 1. The van der Waals surface area contributed by atoms with Crippen LogP contribution in [0, 0.1) is 11.3 Å². The van der Waals surface area contributed by atoms with Gasteiger partial charge in [-0.3, -0.25) is 0 Å². The molecule has 0 saturated carbocycles. The predicted octanol–water partition coefficient (Wildman–Crippen LogP) is 6.81. The molecule has 3 saturated heterocycles. The molecule has 3 heterocycles. The Kier molecular flexibility index (Phi) is 11.3. The molecule has 272 valence electrons. The number of carbonyl (C=O) groups is 2. The van der Waals surface area contributed by atoms with Crippen molar-refractivity contribution in [3.05, 3.63) is 102 Å². The smallest absolute Gasteiger partial charge is 0.410 e. The van der Waals surface area contributed by atoms with Crippen LogP contribution in [0.15, 0.2) is 91.0 Å². The molecule has 1 amide bonds. The van der Waals surface area contributed by atoms with Crippen molar-refractivity contribution >= 4 is 22.1 Å².